The van der Waals surface area contributed by atoms with Crippen LogP contribution in [-0.4, -0.2) is 62.0 Å². The Morgan fingerprint density at radius 1 is 1.03 bits per heavy atom. The Labute approximate surface area is 229 Å². The maximum Gasteiger partial charge on any atom is 0.311 e. The Balaban J connectivity index is 1.01. The molecule has 3 aromatic rings. The van der Waals surface area contributed by atoms with Crippen LogP contribution in [0.15, 0.2) is 48.5 Å². The molecule has 0 amide bonds. The first-order valence-corrected chi connectivity index (χ1v) is 14.0. The Hall–Kier alpha value is -3.03. The van der Waals surface area contributed by atoms with Crippen molar-refractivity contribution in [2.75, 3.05) is 51.0 Å². The topological polar surface area (TPSA) is 64.1 Å². The largest absolute Gasteiger partial charge is 0.494 e. The molecule has 8 heteroatoms. The number of hydrogen-bond acceptors (Lipinski definition) is 7. The van der Waals surface area contributed by atoms with Gasteiger partial charge < -0.3 is 19.1 Å². The lowest BCUT2D eigenvalue weighted by Crippen LogP contribution is -2.46. The summed E-state index contributed by atoms with van der Waals surface area (Å²) in [6, 6.07) is 15.9. The van der Waals surface area contributed by atoms with E-state index in [1.807, 2.05) is 24.3 Å². The summed E-state index contributed by atoms with van der Waals surface area (Å²) in [5.41, 5.74) is 3.07. The van der Waals surface area contributed by atoms with Crippen LogP contribution in [0, 0.1) is 12.8 Å². The van der Waals surface area contributed by atoms with E-state index in [9.17, 15) is 4.79 Å². The molecule has 0 atom stereocenters. The van der Waals surface area contributed by atoms with Crippen molar-refractivity contribution in [1.29, 1.82) is 0 Å². The van der Waals surface area contributed by atoms with Gasteiger partial charge >= 0.3 is 5.97 Å². The van der Waals surface area contributed by atoms with E-state index in [1.165, 1.54) is 0 Å². The number of aryl methyl sites for hydroxylation is 1. The summed E-state index contributed by atoms with van der Waals surface area (Å²) in [6.45, 7) is 7.77. The molecule has 2 aromatic carbocycles. The van der Waals surface area contributed by atoms with Crippen LogP contribution in [0.1, 0.15) is 37.7 Å². The number of unbranched alkanes of at least 4 members (excludes halogenated alkanes) is 1. The standard InChI is InChI=1S/C30H36ClN3O4/c1-22-6-4-9-27(29(22)31)34-17-15-33(16-18-34)14-2-3-19-36-25-12-10-23-11-13-28(32-26(23)20-25)37-21-38-30(35)24-7-5-8-24/h4,6,9-13,20,24H,2-3,5,7-8,14-19,21H2,1H3. The summed E-state index contributed by atoms with van der Waals surface area (Å²) < 4.78 is 16.8. The van der Waals surface area contributed by atoms with Gasteiger partial charge in [-0.05, 0) is 69.0 Å². The molecule has 38 heavy (non-hydrogen) atoms. The summed E-state index contributed by atoms with van der Waals surface area (Å²) in [6.07, 6.45) is 5.01. The average molecular weight is 538 g/mol. The van der Waals surface area contributed by atoms with Crippen molar-refractivity contribution in [1.82, 2.24) is 9.88 Å². The molecular formula is C30H36ClN3O4. The molecule has 1 saturated heterocycles. The fraction of sp³-hybridized carbons (Fsp3) is 0.467. The molecule has 1 aliphatic carbocycles. The van der Waals surface area contributed by atoms with Gasteiger partial charge in [-0.25, -0.2) is 4.98 Å². The Morgan fingerprint density at radius 2 is 1.84 bits per heavy atom. The zero-order chi connectivity index (χ0) is 26.3. The fourth-order valence-electron chi connectivity index (χ4n) is 4.87. The molecular weight excluding hydrogens is 502 g/mol. The first-order valence-electron chi connectivity index (χ1n) is 13.6. The number of hydrogen-bond donors (Lipinski definition) is 0. The van der Waals surface area contributed by atoms with Gasteiger partial charge in [0, 0.05) is 43.7 Å². The van der Waals surface area contributed by atoms with Crippen molar-refractivity contribution in [3.63, 3.8) is 0 Å². The SMILES string of the molecule is Cc1cccc(N2CCN(CCCCOc3ccc4ccc(OCOC(=O)C5CCC5)nc4c3)CC2)c1Cl. The average Bonchev–Trinajstić information content (AvgIpc) is 2.89. The molecule has 2 aliphatic rings. The highest BCUT2D eigenvalue weighted by molar-refractivity contribution is 6.34. The van der Waals surface area contributed by atoms with E-state index in [0.717, 1.165) is 97.8 Å². The Morgan fingerprint density at radius 3 is 2.63 bits per heavy atom. The summed E-state index contributed by atoms with van der Waals surface area (Å²) >= 11 is 6.52. The minimum atomic E-state index is -0.179. The third-order valence-electron chi connectivity index (χ3n) is 7.51. The van der Waals surface area contributed by atoms with Gasteiger partial charge in [0.2, 0.25) is 12.7 Å². The minimum absolute atomic E-state index is 0.0386. The summed E-state index contributed by atoms with van der Waals surface area (Å²) in [4.78, 5) is 21.3. The molecule has 2 heterocycles. The molecule has 0 unspecified atom stereocenters. The third-order valence-corrected chi connectivity index (χ3v) is 8.00. The number of aromatic nitrogens is 1. The maximum atomic E-state index is 11.8. The van der Waals surface area contributed by atoms with Gasteiger partial charge in [0.25, 0.3) is 0 Å². The zero-order valence-corrected chi connectivity index (χ0v) is 22.8. The smallest absolute Gasteiger partial charge is 0.311 e. The van der Waals surface area contributed by atoms with Crippen LogP contribution >= 0.6 is 11.6 Å². The second kappa shape index (κ2) is 12.7. The number of pyridine rings is 1. The van der Waals surface area contributed by atoms with Crippen LogP contribution in [0.4, 0.5) is 5.69 Å². The number of benzene rings is 2. The number of anilines is 1. The van der Waals surface area contributed by atoms with Crippen LogP contribution in [0.25, 0.3) is 10.9 Å². The van der Waals surface area contributed by atoms with Crippen LogP contribution in [0.3, 0.4) is 0 Å². The first kappa shape index (κ1) is 26.6. The minimum Gasteiger partial charge on any atom is -0.494 e. The number of halogens is 1. The van der Waals surface area contributed by atoms with E-state index in [2.05, 4.69) is 39.9 Å². The van der Waals surface area contributed by atoms with Crippen LogP contribution in [0.2, 0.25) is 5.02 Å². The van der Waals surface area contributed by atoms with E-state index >= 15 is 0 Å². The van der Waals surface area contributed by atoms with Gasteiger partial charge in [0.05, 0.1) is 28.8 Å². The Bertz CT molecular complexity index is 1240. The third kappa shape index (κ3) is 6.69. The van der Waals surface area contributed by atoms with Crippen molar-refractivity contribution in [3.05, 3.63) is 59.1 Å². The number of nitrogens with zero attached hydrogens (tertiary/aromatic N) is 3. The van der Waals surface area contributed by atoms with E-state index in [0.29, 0.717) is 12.5 Å². The van der Waals surface area contributed by atoms with Crippen molar-refractivity contribution < 1.29 is 19.0 Å². The lowest BCUT2D eigenvalue weighted by molar-refractivity contribution is -0.158. The molecule has 5 rings (SSSR count). The normalized spacial score (nSPS) is 16.3. The molecule has 0 spiro atoms. The van der Waals surface area contributed by atoms with Crippen molar-refractivity contribution >= 4 is 34.2 Å². The molecule has 7 nitrogen and oxygen atoms in total. The number of carbonyl (C=O) groups excluding carboxylic acids is 1. The number of carbonyl (C=O) groups is 1. The summed E-state index contributed by atoms with van der Waals surface area (Å²) in [7, 11) is 0. The molecule has 202 valence electrons. The van der Waals surface area contributed by atoms with Crippen molar-refractivity contribution in [2.24, 2.45) is 5.92 Å². The quantitative estimate of drug-likeness (QED) is 0.172. The second-order valence-electron chi connectivity index (χ2n) is 10.1. The van der Waals surface area contributed by atoms with Gasteiger partial charge in [-0.15, -0.1) is 0 Å². The van der Waals surface area contributed by atoms with Crippen LogP contribution in [0.5, 0.6) is 11.6 Å². The number of esters is 1. The first-order chi connectivity index (χ1) is 18.6. The highest BCUT2D eigenvalue weighted by Crippen LogP contribution is 2.30. The van der Waals surface area contributed by atoms with E-state index < -0.39 is 0 Å². The van der Waals surface area contributed by atoms with Gasteiger partial charge in [0.15, 0.2) is 0 Å². The van der Waals surface area contributed by atoms with Gasteiger partial charge in [-0.2, -0.15) is 0 Å². The van der Waals surface area contributed by atoms with Gasteiger partial charge in [0.1, 0.15) is 5.75 Å². The van der Waals surface area contributed by atoms with Gasteiger partial charge in [-0.3, -0.25) is 9.69 Å². The van der Waals surface area contributed by atoms with Crippen LogP contribution < -0.4 is 14.4 Å². The lowest BCUT2D eigenvalue weighted by Gasteiger charge is -2.36. The fourth-order valence-corrected chi connectivity index (χ4v) is 5.12. The van der Waals surface area contributed by atoms with Crippen LogP contribution in [-0.2, 0) is 9.53 Å². The highest BCUT2D eigenvalue weighted by Gasteiger charge is 2.26. The molecule has 0 radical (unpaired) electrons. The molecule has 1 aliphatic heterocycles. The van der Waals surface area contributed by atoms with Crippen molar-refractivity contribution in [3.8, 4) is 11.6 Å². The predicted octanol–water partition coefficient (Wildman–Crippen LogP) is 5.86. The van der Waals surface area contributed by atoms with E-state index in [-0.39, 0.29) is 18.7 Å². The Kier molecular flexibility index (Phi) is 8.86. The lowest BCUT2D eigenvalue weighted by atomic mass is 9.86. The predicted molar refractivity (Wildman–Crippen MR) is 150 cm³/mol. The summed E-state index contributed by atoms with van der Waals surface area (Å²) in [5, 5.41) is 1.87. The highest BCUT2D eigenvalue weighted by atomic mass is 35.5. The van der Waals surface area contributed by atoms with E-state index in [1.54, 1.807) is 6.07 Å². The molecule has 1 aromatic heterocycles. The van der Waals surface area contributed by atoms with Gasteiger partial charge in [-0.1, -0.05) is 30.2 Å². The number of fused-ring (bicyclic) bond motifs is 1. The molecule has 1 saturated carbocycles. The number of ether oxygens (including phenoxy) is 3. The number of piperazine rings is 1. The molecule has 0 bridgehead atoms. The molecule has 0 N–H and O–H groups in total. The van der Waals surface area contributed by atoms with E-state index in [4.69, 9.17) is 25.8 Å². The summed E-state index contributed by atoms with van der Waals surface area (Å²) in [5.74, 6) is 1.09. The molecule has 2 fully saturated rings. The zero-order valence-electron chi connectivity index (χ0n) is 22.0. The van der Waals surface area contributed by atoms with Crippen molar-refractivity contribution in [2.45, 2.75) is 39.0 Å². The maximum absolute atomic E-state index is 11.8. The number of rotatable bonds is 11. The second-order valence-corrected chi connectivity index (χ2v) is 10.5. The monoisotopic (exact) mass is 537 g/mol.